The summed E-state index contributed by atoms with van der Waals surface area (Å²) in [5.41, 5.74) is 0.979. The fraction of sp³-hybridized carbons (Fsp3) is 0.385. The van der Waals surface area contributed by atoms with E-state index in [9.17, 15) is 0 Å². The third-order valence-corrected chi connectivity index (χ3v) is 4.34. The number of nitrogens with zero attached hydrogens (tertiary/aromatic N) is 3. The van der Waals surface area contributed by atoms with Gasteiger partial charge in [0.2, 0.25) is 0 Å². The fourth-order valence-electron chi connectivity index (χ4n) is 2.07. The van der Waals surface area contributed by atoms with Crippen molar-refractivity contribution in [1.29, 1.82) is 0 Å². The molecule has 1 saturated heterocycles. The van der Waals surface area contributed by atoms with Crippen LogP contribution in [-0.4, -0.2) is 33.2 Å². The number of aromatic nitrogens is 3. The Morgan fingerprint density at radius 1 is 1.47 bits per heavy atom. The summed E-state index contributed by atoms with van der Waals surface area (Å²) in [7, 11) is 0. The number of benzene rings is 1. The van der Waals surface area contributed by atoms with Gasteiger partial charge in [0.25, 0.3) is 0 Å². The minimum Gasteiger partial charge on any atom is -0.377 e. The van der Waals surface area contributed by atoms with E-state index in [0.29, 0.717) is 11.1 Å². The number of ether oxygens (including phenoxy) is 1. The van der Waals surface area contributed by atoms with Gasteiger partial charge < -0.3 is 4.74 Å². The Kier molecular flexibility index (Phi) is 4.06. The molecule has 2 heterocycles. The Morgan fingerprint density at radius 3 is 3.21 bits per heavy atom. The maximum atomic E-state index is 6.01. The number of halogens is 1. The smallest absolute Gasteiger partial charge is 0.195 e. The lowest BCUT2D eigenvalue weighted by atomic mass is 10.3. The van der Waals surface area contributed by atoms with Gasteiger partial charge in [0.05, 0.1) is 11.8 Å². The van der Waals surface area contributed by atoms with Crippen molar-refractivity contribution in [3.05, 3.63) is 35.6 Å². The number of rotatable bonds is 4. The van der Waals surface area contributed by atoms with E-state index in [1.165, 1.54) is 0 Å². The molecule has 2 aromatic rings. The first kappa shape index (κ1) is 13.0. The van der Waals surface area contributed by atoms with E-state index in [-0.39, 0.29) is 0 Å². The molecule has 1 fully saturated rings. The lowest BCUT2D eigenvalue weighted by Gasteiger charge is -2.09. The second kappa shape index (κ2) is 5.94. The monoisotopic (exact) mass is 295 g/mol. The zero-order valence-corrected chi connectivity index (χ0v) is 11.9. The van der Waals surface area contributed by atoms with Crippen LogP contribution in [0, 0.1) is 0 Å². The fourth-order valence-corrected chi connectivity index (χ4v) is 3.25. The number of thioether (sulfide) groups is 1. The normalized spacial score (nSPS) is 18.9. The van der Waals surface area contributed by atoms with E-state index in [4.69, 9.17) is 16.3 Å². The summed E-state index contributed by atoms with van der Waals surface area (Å²) in [5.74, 6) is 0.916. The SMILES string of the molecule is Clc1cccc(-n2cnnc2SCC2CCCO2)c1. The van der Waals surface area contributed by atoms with Gasteiger partial charge in [0.1, 0.15) is 6.33 Å². The largest absolute Gasteiger partial charge is 0.377 e. The average Bonchev–Trinajstić information content (AvgIpc) is 3.08. The maximum Gasteiger partial charge on any atom is 0.195 e. The van der Waals surface area contributed by atoms with Crippen LogP contribution in [-0.2, 0) is 4.74 Å². The second-order valence-corrected chi connectivity index (χ2v) is 5.83. The minimum absolute atomic E-state index is 0.342. The summed E-state index contributed by atoms with van der Waals surface area (Å²) >= 11 is 7.69. The minimum atomic E-state index is 0.342. The highest BCUT2D eigenvalue weighted by molar-refractivity contribution is 7.99. The van der Waals surface area contributed by atoms with Gasteiger partial charge in [-0.1, -0.05) is 29.4 Å². The van der Waals surface area contributed by atoms with E-state index in [1.54, 1.807) is 18.1 Å². The van der Waals surface area contributed by atoms with Crippen molar-refractivity contribution in [3.63, 3.8) is 0 Å². The first-order chi connectivity index (χ1) is 9.33. The Balaban J connectivity index is 1.74. The van der Waals surface area contributed by atoms with Gasteiger partial charge in [-0.05, 0) is 31.0 Å². The third-order valence-electron chi connectivity index (χ3n) is 3.03. The third kappa shape index (κ3) is 3.11. The highest BCUT2D eigenvalue weighted by Gasteiger charge is 2.17. The van der Waals surface area contributed by atoms with Crippen LogP contribution in [0.25, 0.3) is 5.69 Å². The molecule has 0 bridgehead atoms. The van der Waals surface area contributed by atoms with Crippen LogP contribution in [0.15, 0.2) is 35.7 Å². The van der Waals surface area contributed by atoms with E-state index in [2.05, 4.69) is 10.2 Å². The van der Waals surface area contributed by atoms with Crippen LogP contribution in [0.4, 0.5) is 0 Å². The van der Waals surface area contributed by atoms with E-state index in [1.807, 2.05) is 28.8 Å². The second-order valence-electron chi connectivity index (χ2n) is 4.41. The molecule has 0 spiro atoms. The quantitative estimate of drug-likeness (QED) is 0.812. The lowest BCUT2D eigenvalue weighted by molar-refractivity contribution is 0.129. The molecule has 19 heavy (non-hydrogen) atoms. The predicted octanol–water partition coefficient (Wildman–Crippen LogP) is 3.19. The van der Waals surface area contributed by atoms with Crippen LogP contribution < -0.4 is 0 Å². The maximum absolute atomic E-state index is 6.01. The highest BCUT2D eigenvalue weighted by Crippen LogP contribution is 2.25. The van der Waals surface area contributed by atoms with Gasteiger partial charge in [-0.2, -0.15) is 0 Å². The summed E-state index contributed by atoms with van der Waals surface area (Å²) < 4.78 is 7.57. The molecule has 100 valence electrons. The van der Waals surface area contributed by atoms with Gasteiger partial charge >= 0.3 is 0 Å². The summed E-state index contributed by atoms with van der Waals surface area (Å²) in [5, 5.41) is 9.72. The van der Waals surface area contributed by atoms with Crippen LogP contribution >= 0.6 is 23.4 Å². The zero-order valence-electron chi connectivity index (χ0n) is 10.3. The molecular weight excluding hydrogens is 282 g/mol. The summed E-state index contributed by atoms with van der Waals surface area (Å²) in [4.78, 5) is 0. The zero-order chi connectivity index (χ0) is 13.1. The summed E-state index contributed by atoms with van der Waals surface area (Å²) in [6.45, 7) is 0.881. The average molecular weight is 296 g/mol. The van der Waals surface area contributed by atoms with Crippen LogP contribution in [0.1, 0.15) is 12.8 Å². The van der Waals surface area contributed by atoms with Crippen molar-refractivity contribution in [2.45, 2.75) is 24.1 Å². The molecule has 6 heteroatoms. The Labute approximate surface area is 121 Å². The molecule has 1 unspecified atom stereocenters. The van der Waals surface area contributed by atoms with Gasteiger partial charge in [-0.25, -0.2) is 0 Å². The van der Waals surface area contributed by atoms with E-state index in [0.717, 1.165) is 36.0 Å². The van der Waals surface area contributed by atoms with E-state index < -0.39 is 0 Å². The molecule has 0 radical (unpaired) electrons. The molecule has 1 aliphatic rings. The van der Waals surface area contributed by atoms with Gasteiger partial charge in [0.15, 0.2) is 5.16 Å². The summed E-state index contributed by atoms with van der Waals surface area (Å²) in [6, 6.07) is 7.67. The molecule has 3 rings (SSSR count). The van der Waals surface area contributed by atoms with Gasteiger partial charge in [-0.15, -0.1) is 10.2 Å². The standard InChI is InChI=1S/C13H14ClN3OS/c14-10-3-1-4-11(7-10)17-9-15-16-13(17)19-8-12-5-2-6-18-12/h1,3-4,7,9,12H,2,5-6,8H2. The predicted molar refractivity (Wildman–Crippen MR) is 76.1 cm³/mol. The molecular formula is C13H14ClN3OS. The van der Waals surface area contributed by atoms with Gasteiger partial charge in [-0.3, -0.25) is 4.57 Å². The van der Waals surface area contributed by atoms with Crippen molar-refractivity contribution in [2.24, 2.45) is 0 Å². The van der Waals surface area contributed by atoms with E-state index >= 15 is 0 Å². The van der Waals surface area contributed by atoms with Crippen molar-refractivity contribution in [3.8, 4) is 5.69 Å². The number of hydrogen-bond donors (Lipinski definition) is 0. The molecule has 1 aliphatic heterocycles. The van der Waals surface area contributed by atoms with Crippen molar-refractivity contribution in [1.82, 2.24) is 14.8 Å². The Morgan fingerprint density at radius 2 is 2.42 bits per heavy atom. The highest BCUT2D eigenvalue weighted by atomic mass is 35.5. The molecule has 1 aromatic carbocycles. The Bertz CT molecular complexity index is 554. The molecule has 1 aromatic heterocycles. The Hall–Kier alpha value is -1.04. The molecule has 1 atom stereocenters. The lowest BCUT2D eigenvalue weighted by Crippen LogP contribution is -2.08. The van der Waals surface area contributed by atoms with Crippen LogP contribution in [0.3, 0.4) is 0 Å². The molecule has 0 N–H and O–H groups in total. The molecule has 0 saturated carbocycles. The van der Waals surface area contributed by atoms with Crippen molar-refractivity contribution in [2.75, 3.05) is 12.4 Å². The van der Waals surface area contributed by atoms with Crippen molar-refractivity contribution < 1.29 is 4.74 Å². The summed E-state index contributed by atoms with van der Waals surface area (Å²) in [6.07, 6.45) is 4.35. The molecule has 0 aliphatic carbocycles. The van der Waals surface area contributed by atoms with Crippen molar-refractivity contribution >= 4 is 23.4 Å². The first-order valence-corrected chi connectivity index (χ1v) is 7.59. The number of hydrogen-bond acceptors (Lipinski definition) is 4. The molecule has 0 amide bonds. The molecule has 4 nitrogen and oxygen atoms in total. The van der Waals surface area contributed by atoms with Crippen LogP contribution in [0.2, 0.25) is 5.02 Å². The van der Waals surface area contributed by atoms with Gasteiger partial charge in [0, 0.05) is 17.4 Å². The first-order valence-electron chi connectivity index (χ1n) is 6.23. The topological polar surface area (TPSA) is 39.9 Å². The van der Waals surface area contributed by atoms with Crippen LogP contribution in [0.5, 0.6) is 0 Å².